The van der Waals surface area contributed by atoms with Gasteiger partial charge in [0.05, 0.1) is 30.1 Å². The summed E-state index contributed by atoms with van der Waals surface area (Å²) in [7, 11) is 0. The van der Waals surface area contributed by atoms with Crippen molar-refractivity contribution in [2.45, 2.75) is 45.8 Å². The third-order valence-electron chi connectivity index (χ3n) is 5.60. The van der Waals surface area contributed by atoms with Crippen LogP contribution < -0.4 is 10.1 Å². The van der Waals surface area contributed by atoms with Crippen molar-refractivity contribution >= 4 is 17.5 Å². The number of aryl methyl sites for hydroxylation is 1. The molecule has 1 fully saturated rings. The zero-order valence-electron chi connectivity index (χ0n) is 20.2. The van der Waals surface area contributed by atoms with E-state index in [0.29, 0.717) is 42.7 Å². The van der Waals surface area contributed by atoms with E-state index in [1.807, 2.05) is 45.0 Å². The van der Waals surface area contributed by atoms with Gasteiger partial charge >= 0.3 is 0 Å². The molecule has 184 valence electrons. The zero-order chi connectivity index (χ0) is 24.8. The minimum absolute atomic E-state index is 0.0358. The number of carbonyl (C=O) groups excluding carboxylic acids is 2. The highest BCUT2D eigenvalue weighted by Crippen LogP contribution is 2.22. The number of carbonyl (C=O) groups is 2. The van der Waals surface area contributed by atoms with E-state index >= 15 is 0 Å². The molecule has 0 bridgehead atoms. The SMILES string of the molecule is CCOc1ccc(-c2noc(CCC(=O)Nc3ccccc3C(=O)N3C[C@H](C)O[C@@H](C)C3)n2)cc1. The maximum Gasteiger partial charge on any atom is 0.256 e. The molecule has 0 spiro atoms. The smallest absolute Gasteiger partial charge is 0.256 e. The lowest BCUT2D eigenvalue weighted by molar-refractivity contribution is -0.116. The second-order valence-electron chi connectivity index (χ2n) is 8.53. The molecule has 3 aromatic rings. The molecule has 35 heavy (non-hydrogen) atoms. The summed E-state index contributed by atoms with van der Waals surface area (Å²) in [6.45, 7) is 7.44. The molecular weight excluding hydrogens is 448 g/mol. The number of nitrogens with one attached hydrogen (secondary N) is 1. The Morgan fingerprint density at radius 3 is 2.51 bits per heavy atom. The highest BCUT2D eigenvalue weighted by molar-refractivity contribution is 6.03. The Morgan fingerprint density at radius 1 is 1.09 bits per heavy atom. The summed E-state index contributed by atoms with van der Waals surface area (Å²) in [5.74, 6) is 1.22. The normalized spacial score (nSPS) is 17.7. The summed E-state index contributed by atoms with van der Waals surface area (Å²) in [5.41, 5.74) is 1.74. The standard InChI is InChI=1S/C26H30N4O5/c1-4-33-20-11-9-19(10-12-20)25-28-24(35-29-25)14-13-23(31)27-22-8-6-5-7-21(22)26(32)30-15-17(2)34-18(3)16-30/h5-12,17-18H,4,13-16H2,1-3H3,(H,27,31)/t17-,18-/m0/s1. The number of hydrogen-bond donors (Lipinski definition) is 1. The summed E-state index contributed by atoms with van der Waals surface area (Å²) < 4.78 is 16.5. The Morgan fingerprint density at radius 2 is 1.80 bits per heavy atom. The number of amides is 2. The fourth-order valence-electron chi connectivity index (χ4n) is 4.07. The molecule has 0 saturated carbocycles. The van der Waals surface area contributed by atoms with Crippen LogP contribution in [-0.2, 0) is 16.0 Å². The average molecular weight is 479 g/mol. The van der Waals surface area contributed by atoms with Crippen LogP contribution >= 0.6 is 0 Å². The van der Waals surface area contributed by atoms with Crippen LogP contribution in [0.4, 0.5) is 5.69 Å². The third kappa shape index (κ3) is 6.24. The predicted molar refractivity (Wildman–Crippen MR) is 130 cm³/mol. The molecule has 1 aliphatic heterocycles. The van der Waals surface area contributed by atoms with Crippen molar-refractivity contribution in [3.8, 4) is 17.1 Å². The van der Waals surface area contributed by atoms with E-state index in [0.717, 1.165) is 11.3 Å². The van der Waals surface area contributed by atoms with Gasteiger partial charge in [-0.1, -0.05) is 17.3 Å². The minimum Gasteiger partial charge on any atom is -0.494 e. The number of anilines is 1. The molecule has 2 aromatic carbocycles. The molecule has 1 saturated heterocycles. The number of aromatic nitrogens is 2. The van der Waals surface area contributed by atoms with Gasteiger partial charge in [-0.05, 0) is 57.2 Å². The van der Waals surface area contributed by atoms with Crippen molar-refractivity contribution in [2.24, 2.45) is 0 Å². The van der Waals surface area contributed by atoms with Gasteiger partial charge in [0, 0.05) is 31.5 Å². The molecular formula is C26H30N4O5. The first-order valence-electron chi connectivity index (χ1n) is 11.8. The molecule has 0 unspecified atom stereocenters. The first-order chi connectivity index (χ1) is 16.9. The molecule has 1 aromatic heterocycles. The van der Waals surface area contributed by atoms with Gasteiger partial charge in [-0.15, -0.1) is 0 Å². The number of benzene rings is 2. The van der Waals surface area contributed by atoms with Crippen LogP contribution in [0.25, 0.3) is 11.4 Å². The van der Waals surface area contributed by atoms with Crippen molar-refractivity contribution in [3.63, 3.8) is 0 Å². The zero-order valence-corrected chi connectivity index (χ0v) is 20.2. The van der Waals surface area contributed by atoms with Crippen molar-refractivity contribution < 1.29 is 23.6 Å². The van der Waals surface area contributed by atoms with Crippen LogP contribution in [0.3, 0.4) is 0 Å². The van der Waals surface area contributed by atoms with Crippen LogP contribution in [0.15, 0.2) is 53.1 Å². The highest BCUT2D eigenvalue weighted by Gasteiger charge is 2.28. The van der Waals surface area contributed by atoms with Gasteiger partial charge in [0.2, 0.25) is 17.6 Å². The lowest BCUT2D eigenvalue weighted by Gasteiger charge is -2.35. The van der Waals surface area contributed by atoms with E-state index < -0.39 is 0 Å². The Balaban J connectivity index is 1.35. The van der Waals surface area contributed by atoms with Gasteiger partial charge < -0.3 is 24.2 Å². The van der Waals surface area contributed by atoms with Gasteiger partial charge in [-0.3, -0.25) is 9.59 Å². The van der Waals surface area contributed by atoms with Gasteiger partial charge in [0.1, 0.15) is 5.75 Å². The first-order valence-corrected chi connectivity index (χ1v) is 11.8. The number of rotatable bonds is 8. The Kier molecular flexibility index (Phi) is 7.77. The lowest BCUT2D eigenvalue weighted by atomic mass is 10.1. The first kappa shape index (κ1) is 24.4. The Bertz CT molecular complexity index is 1150. The van der Waals surface area contributed by atoms with Crippen molar-refractivity contribution in [1.82, 2.24) is 15.0 Å². The maximum absolute atomic E-state index is 13.1. The largest absolute Gasteiger partial charge is 0.494 e. The maximum atomic E-state index is 13.1. The second-order valence-corrected chi connectivity index (χ2v) is 8.53. The molecule has 1 aliphatic rings. The molecule has 4 rings (SSSR count). The number of ether oxygens (including phenoxy) is 2. The van der Waals surface area contributed by atoms with E-state index in [1.54, 1.807) is 29.2 Å². The topological polar surface area (TPSA) is 107 Å². The fourth-order valence-corrected chi connectivity index (χ4v) is 4.07. The summed E-state index contributed by atoms with van der Waals surface area (Å²) in [5, 5.41) is 6.86. The van der Waals surface area contributed by atoms with Crippen LogP contribution in [0.5, 0.6) is 5.75 Å². The molecule has 1 N–H and O–H groups in total. The van der Waals surface area contributed by atoms with Crippen molar-refractivity contribution in [1.29, 1.82) is 0 Å². The van der Waals surface area contributed by atoms with Crippen LogP contribution in [0, 0.1) is 0 Å². The minimum atomic E-state index is -0.241. The molecule has 2 atom stereocenters. The van der Waals surface area contributed by atoms with E-state index in [-0.39, 0.29) is 36.9 Å². The fraction of sp³-hybridized carbons (Fsp3) is 0.385. The second kappa shape index (κ2) is 11.1. The monoisotopic (exact) mass is 478 g/mol. The van der Waals surface area contributed by atoms with Gasteiger partial charge in [0.25, 0.3) is 5.91 Å². The van der Waals surface area contributed by atoms with Gasteiger partial charge in [0.15, 0.2) is 0 Å². The number of para-hydroxylation sites is 1. The molecule has 0 aliphatic carbocycles. The van der Waals surface area contributed by atoms with Crippen molar-refractivity contribution in [2.75, 3.05) is 25.0 Å². The quantitative estimate of drug-likeness (QED) is 0.522. The Hall–Kier alpha value is -3.72. The number of morpholine rings is 1. The van der Waals surface area contributed by atoms with Crippen LogP contribution in [-0.4, -0.2) is 58.8 Å². The molecule has 2 amide bonds. The van der Waals surface area contributed by atoms with Crippen molar-refractivity contribution in [3.05, 3.63) is 60.0 Å². The molecule has 9 heteroatoms. The summed E-state index contributed by atoms with van der Waals surface area (Å²) in [6.07, 6.45) is 0.349. The van der Waals surface area contributed by atoms with E-state index in [2.05, 4.69) is 15.5 Å². The summed E-state index contributed by atoms with van der Waals surface area (Å²) >= 11 is 0. The molecule has 2 heterocycles. The summed E-state index contributed by atoms with van der Waals surface area (Å²) in [4.78, 5) is 32.0. The predicted octanol–water partition coefficient (Wildman–Crippen LogP) is 3.96. The number of nitrogens with zero attached hydrogens (tertiary/aromatic N) is 3. The van der Waals surface area contributed by atoms with E-state index in [4.69, 9.17) is 14.0 Å². The molecule has 9 nitrogen and oxygen atoms in total. The van der Waals surface area contributed by atoms with Crippen LogP contribution in [0.2, 0.25) is 0 Å². The summed E-state index contributed by atoms with van der Waals surface area (Å²) in [6, 6.07) is 14.4. The van der Waals surface area contributed by atoms with E-state index in [9.17, 15) is 9.59 Å². The van der Waals surface area contributed by atoms with Gasteiger partial charge in [-0.25, -0.2) is 0 Å². The molecule has 0 radical (unpaired) electrons. The Labute approximate surface area is 204 Å². The third-order valence-corrected chi connectivity index (χ3v) is 5.60. The highest BCUT2D eigenvalue weighted by atomic mass is 16.5. The average Bonchev–Trinajstić information content (AvgIpc) is 3.32. The van der Waals surface area contributed by atoms with Gasteiger partial charge in [-0.2, -0.15) is 4.98 Å². The van der Waals surface area contributed by atoms with Crippen LogP contribution in [0.1, 0.15) is 43.4 Å². The lowest BCUT2D eigenvalue weighted by Crippen LogP contribution is -2.48. The number of hydrogen-bond acceptors (Lipinski definition) is 7. The van der Waals surface area contributed by atoms with E-state index in [1.165, 1.54) is 0 Å².